The fourth-order valence-corrected chi connectivity index (χ4v) is 6.02. The number of rotatable bonds is 8. The number of ether oxygens (including phenoxy) is 1. The molecule has 3 atom stereocenters. The molecule has 0 unspecified atom stereocenters. The minimum Gasteiger partial charge on any atom is -0.481 e. The van der Waals surface area contributed by atoms with Crippen molar-refractivity contribution in [2.24, 2.45) is 11.3 Å². The Morgan fingerprint density at radius 1 is 1.06 bits per heavy atom. The van der Waals surface area contributed by atoms with Gasteiger partial charge in [-0.1, -0.05) is 48.5 Å². The van der Waals surface area contributed by atoms with Crippen LogP contribution in [0, 0.1) is 11.3 Å². The Morgan fingerprint density at radius 2 is 1.71 bits per heavy atom. The molecule has 0 bridgehead atoms. The van der Waals surface area contributed by atoms with Gasteiger partial charge in [-0.25, -0.2) is 4.79 Å². The van der Waals surface area contributed by atoms with Gasteiger partial charge in [-0.05, 0) is 54.4 Å². The van der Waals surface area contributed by atoms with Gasteiger partial charge in [-0.15, -0.1) is 0 Å². The van der Waals surface area contributed by atoms with E-state index in [9.17, 15) is 14.4 Å². The Hall–Kier alpha value is -3.35. The number of carboxylic acid groups (broad SMARTS) is 1. The van der Waals surface area contributed by atoms with Gasteiger partial charge >= 0.3 is 12.1 Å². The van der Waals surface area contributed by atoms with Crippen molar-refractivity contribution in [2.75, 3.05) is 19.7 Å². The van der Waals surface area contributed by atoms with Crippen LogP contribution in [0.25, 0.3) is 11.1 Å². The Kier molecular flexibility index (Phi) is 5.80. The molecule has 178 valence electrons. The first-order chi connectivity index (χ1) is 16.4. The van der Waals surface area contributed by atoms with Crippen LogP contribution in [-0.4, -0.2) is 53.7 Å². The van der Waals surface area contributed by atoms with E-state index in [0.717, 1.165) is 12.8 Å². The molecule has 0 spiro atoms. The molecule has 2 N–H and O–H groups in total. The van der Waals surface area contributed by atoms with Crippen LogP contribution >= 0.6 is 0 Å². The van der Waals surface area contributed by atoms with Crippen LogP contribution in [-0.2, 0) is 14.3 Å². The van der Waals surface area contributed by atoms with E-state index in [2.05, 4.69) is 29.6 Å². The van der Waals surface area contributed by atoms with Crippen LogP contribution in [0.4, 0.5) is 4.79 Å². The van der Waals surface area contributed by atoms with Crippen LogP contribution in [0.5, 0.6) is 0 Å². The summed E-state index contributed by atoms with van der Waals surface area (Å²) in [5.41, 5.74) is 4.27. The number of carboxylic acids is 1. The molecule has 0 radical (unpaired) electrons. The molecule has 0 aliphatic heterocycles. The van der Waals surface area contributed by atoms with Crippen molar-refractivity contribution in [3.8, 4) is 11.1 Å². The van der Waals surface area contributed by atoms with Crippen molar-refractivity contribution in [3.05, 3.63) is 59.7 Å². The number of amides is 2. The summed E-state index contributed by atoms with van der Waals surface area (Å²) >= 11 is 0. The molecule has 2 aromatic carbocycles. The second-order valence-electron chi connectivity index (χ2n) is 9.69. The third kappa shape index (κ3) is 3.93. The van der Waals surface area contributed by atoms with E-state index in [4.69, 9.17) is 9.84 Å². The highest BCUT2D eigenvalue weighted by Gasteiger charge is 2.65. The molecule has 2 amide bonds. The Balaban J connectivity index is 1.17. The van der Waals surface area contributed by atoms with Crippen LogP contribution in [0.15, 0.2) is 48.5 Å². The lowest BCUT2D eigenvalue weighted by Crippen LogP contribution is -2.41. The van der Waals surface area contributed by atoms with E-state index in [1.165, 1.54) is 22.3 Å². The van der Waals surface area contributed by atoms with Crippen LogP contribution < -0.4 is 5.32 Å². The van der Waals surface area contributed by atoms with Crippen molar-refractivity contribution < 1.29 is 24.2 Å². The molecular formula is C27H30N2O5. The number of carbonyl (C=O) groups is 3. The van der Waals surface area contributed by atoms with E-state index in [-0.39, 0.29) is 43.4 Å². The molecule has 3 aliphatic carbocycles. The first kappa shape index (κ1) is 22.4. The largest absolute Gasteiger partial charge is 0.481 e. The van der Waals surface area contributed by atoms with E-state index in [1.54, 1.807) is 4.90 Å². The zero-order chi connectivity index (χ0) is 23.9. The van der Waals surface area contributed by atoms with E-state index in [1.807, 2.05) is 31.2 Å². The minimum atomic E-state index is -0.905. The standard InChI is InChI=1S/C27H30N2O5/c1-2-29(12-11-24(30)31)25(32)27-14-17(27)13-18(15-27)28-26(33)34-16-23-21-9-5-3-7-19(21)20-8-4-6-10-22(20)23/h3-10,17-18,23H,2,11-16H2,1H3,(H,28,33)(H,30,31)/t17-,18+,27+/m0/s1. The molecule has 7 nitrogen and oxygen atoms in total. The molecule has 7 heteroatoms. The van der Waals surface area contributed by atoms with Crippen molar-refractivity contribution in [2.45, 2.75) is 44.6 Å². The predicted molar refractivity (Wildman–Crippen MR) is 126 cm³/mol. The number of fused-ring (bicyclic) bond motifs is 4. The normalized spacial score (nSPS) is 24.0. The van der Waals surface area contributed by atoms with Gasteiger partial charge in [0.05, 0.1) is 11.8 Å². The van der Waals surface area contributed by atoms with Crippen molar-refractivity contribution >= 4 is 18.0 Å². The average Bonchev–Trinajstić information content (AvgIpc) is 3.26. The Morgan fingerprint density at radius 3 is 2.32 bits per heavy atom. The summed E-state index contributed by atoms with van der Waals surface area (Å²) < 4.78 is 5.67. The smallest absolute Gasteiger partial charge is 0.407 e. The van der Waals surface area contributed by atoms with Gasteiger partial charge in [0.25, 0.3) is 0 Å². The molecular weight excluding hydrogens is 432 g/mol. The summed E-state index contributed by atoms with van der Waals surface area (Å²) in [4.78, 5) is 38.3. The van der Waals surface area contributed by atoms with E-state index in [0.29, 0.717) is 13.0 Å². The van der Waals surface area contributed by atoms with Gasteiger partial charge in [0, 0.05) is 25.0 Å². The number of aliphatic carboxylic acids is 1. The van der Waals surface area contributed by atoms with Gasteiger partial charge in [-0.3, -0.25) is 9.59 Å². The summed E-state index contributed by atoms with van der Waals surface area (Å²) in [6, 6.07) is 16.3. The van der Waals surface area contributed by atoms with Crippen LogP contribution in [0.3, 0.4) is 0 Å². The maximum atomic E-state index is 13.1. The third-order valence-electron chi connectivity index (χ3n) is 7.77. The molecule has 3 aliphatic rings. The first-order valence-corrected chi connectivity index (χ1v) is 12.1. The predicted octanol–water partition coefficient (Wildman–Crippen LogP) is 4.02. The topological polar surface area (TPSA) is 95.9 Å². The summed E-state index contributed by atoms with van der Waals surface area (Å²) in [6.07, 6.45) is 1.66. The zero-order valence-electron chi connectivity index (χ0n) is 19.3. The summed E-state index contributed by atoms with van der Waals surface area (Å²) in [5.74, 6) is -0.622. The zero-order valence-corrected chi connectivity index (χ0v) is 19.3. The highest BCUT2D eigenvalue weighted by molar-refractivity contribution is 5.87. The average molecular weight is 463 g/mol. The summed E-state index contributed by atoms with van der Waals surface area (Å²) in [6.45, 7) is 2.85. The van der Waals surface area contributed by atoms with Crippen molar-refractivity contribution in [1.29, 1.82) is 0 Å². The van der Waals surface area contributed by atoms with Gasteiger partial charge in [0.15, 0.2) is 0 Å². The van der Waals surface area contributed by atoms with Crippen molar-refractivity contribution in [1.82, 2.24) is 10.2 Å². The van der Waals surface area contributed by atoms with E-state index < -0.39 is 17.5 Å². The van der Waals surface area contributed by atoms with Gasteiger partial charge in [0.1, 0.15) is 6.61 Å². The quantitative estimate of drug-likeness (QED) is 0.618. The Labute approximate surface area is 199 Å². The molecule has 0 saturated heterocycles. The molecule has 5 rings (SSSR count). The molecule has 0 aromatic heterocycles. The number of carbonyl (C=O) groups excluding carboxylic acids is 2. The second kappa shape index (κ2) is 8.78. The number of alkyl carbamates (subject to hydrolysis) is 1. The maximum Gasteiger partial charge on any atom is 0.407 e. The SMILES string of the molecule is CCN(CCC(=O)O)C(=O)[C@]12C[C@H](NC(=O)OCC3c4ccccc4-c4ccccc43)C[C@H]1C2. The third-order valence-corrected chi connectivity index (χ3v) is 7.77. The lowest BCUT2D eigenvalue weighted by Gasteiger charge is -2.26. The van der Waals surface area contributed by atoms with Gasteiger partial charge in [-0.2, -0.15) is 0 Å². The lowest BCUT2D eigenvalue weighted by atomic mass is 9.98. The number of nitrogens with zero attached hydrogens (tertiary/aromatic N) is 1. The van der Waals surface area contributed by atoms with Gasteiger partial charge in [0.2, 0.25) is 5.91 Å². The van der Waals surface area contributed by atoms with Crippen molar-refractivity contribution in [3.63, 3.8) is 0 Å². The minimum absolute atomic E-state index is 0.00963. The summed E-state index contributed by atoms with van der Waals surface area (Å²) in [7, 11) is 0. The monoisotopic (exact) mass is 462 g/mol. The molecule has 0 heterocycles. The maximum absolute atomic E-state index is 13.1. The van der Waals surface area contributed by atoms with Gasteiger partial charge < -0.3 is 20.1 Å². The fourth-order valence-electron chi connectivity index (χ4n) is 6.02. The van der Waals surface area contributed by atoms with Crippen LogP contribution in [0.1, 0.15) is 49.7 Å². The summed E-state index contributed by atoms with van der Waals surface area (Å²) in [5, 5.41) is 11.9. The Bertz CT molecular complexity index is 1090. The van der Waals surface area contributed by atoms with Crippen LogP contribution in [0.2, 0.25) is 0 Å². The number of hydrogen-bond donors (Lipinski definition) is 2. The lowest BCUT2D eigenvalue weighted by molar-refractivity contribution is -0.140. The molecule has 34 heavy (non-hydrogen) atoms. The highest BCUT2D eigenvalue weighted by atomic mass is 16.5. The molecule has 2 fully saturated rings. The van der Waals surface area contributed by atoms with E-state index >= 15 is 0 Å². The second-order valence-corrected chi connectivity index (χ2v) is 9.69. The fraction of sp³-hybridized carbons (Fsp3) is 0.444. The number of hydrogen-bond acceptors (Lipinski definition) is 4. The molecule has 2 saturated carbocycles. The first-order valence-electron chi connectivity index (χ1n) is 12.1. The molecule has 2 aromatic rings. The number of benzene rings is 2. The number of nitrogens with one attached hydrogen (secondary N) is 1. The highest BCUT2D eigenvalue weighted by Crippen LogP contribution is 2.64.